The van der Waals surface area contributed by atoms with E-state index >= 15 is 0 Å². The molecule has 7 nitrogen and oxygen atoms in total. The Hall–Kier alpha value is -2.57. The van der Waals surface area contributed by atoms with Gasteiger partial charge in [0, 0.05) is 18.7 Å². The highest BCUT2D eigenvalue weighted by molar-refractivity contribution is 5.94. The summed E-state index contributed by atoms with van der Waals surface area (Å²) >= 11 is 0. The Bertz CT molecular complexity index is 555. The molecule has 0 aliphatic carbocycles. The zero-order valence-corrected chi connectivity index (χ0v) is 11.3. The number of carboxylic acid groups (broad SMARTS) is 1. The van der Waals surface area contributed by atoms with E-state index in [1.807, 2.05) is 0 Å². The van der Waals surface area contributed by atoms with Crippen molar-refractivity contribution in [2.45, 2.75) is 20.3 Å². The minimum absolute atomic E-state index is 0.0424. The van der Waals surface area contributed by atoms with Crippen LogP contribution in [-0.2, 0) is 4.79 Å². The summed E-state index contributed by atoms with van der Waals surface area (Å²) in [6.07, 6.45) is 0.0424. The molecule has 0 fully saturated rings. The van der Waals surface area contributed by atoms with E-state index in [1.54, 1.807) is 19.9 Å². The van der Waals surface area contributed by atoms with Crippen LogP contribution in [0.3, 0.4) is 0 Å². The van der Waals surface area contributed by atoms with Crippen molar-refractivity contribution in [2.24, 2.45) is 5.73 Å². The Morgan fingerprint density at radius 2 is 1.90 bits per heavy atom. The van der Waals surface area contributed by atoms with Crippen LogP contribution < -0.4 is 16.4 Å². The predicted octanol–water partition coefficient (Wildman–Crippen LogP) is 0.999. The topological polar surface area (TPSA) is 122 Å². The lowest BCUT2D eigenvalue weighted by atomic mass is 10.0. The van der Waals surface area contributed by atoms with Gasteiger partial charge in [-0.15, -0.1) is 0 Å². The van der Waals surface area contributed by atoms with Crippen LogP contribution in [0.15, 0.2) is 12.1 Å². The second-order valence-electron chi connectivity index (χ2n) is 4.37. The van der Waals surface area contributed by atoms with Crippen molar-refractivity contribution in [1.82, 2.24) is 5.32 Å². The molecule has 0 radical (unpaired) electrons. The highest BCUT2D eigenvalue weighted by atomic mass is 16.4. The van der Waals surface area contributed by atoms with Gasteiger partial charge in [-0.3, -0.25) is 4.79 Å². The summed E-state index contributed by atoms with van der Waals surface area (Å²) in [5.74, 6) is -1.56. The number of hydrogen-bond donors (Lipinski definition) is 4. The van der Waals surface area contributed by atoms with Gasteiger partial charge in [0.15, 0.2) is 0 Å². The van der Waals surface area contributed by atoms with Crippen LogP contribution in [0.25, 0.3) is 0 Å². The van der Waals surface area contributed by atoms with Crippen molar-refractivity contribution in [2.75, 3.05) is 11.9 Å². The first-order valence-corrected chi connectivity index (χ1v) is 5.99. The SMILES string of the molecule is Cc1cc(NC(=O)NCCC(N)=O)cc(C(=O)O)c1C. The molecule has 0 atom stereocenters. The van der Waals surface area contributed by atoms with Crippen molar-refractivity contribution in [3.05, 3.63) is 28.8 Å². The zero-order valence-electron chi connectivity index (χ0n) is 11.3. The second-order valence-corrected chi connectivity index (χ2v) is 4.37. The molecule has 7 heteroatoms. The van der Waals surface area contributed by atoms with Crippen LogP contribution in [0.5, 0.6) is 0 Å². The van der Waals surface area contributed by atoms with Gasteiger partial charge in [0.2, 0.25) is 5.91 Å². The van der Waals surface area contributed by atoms with Gasteiger partial charge in [0.25, 0.3) is 0 Å². The fraction of sp³-hybridized carbons (Fsp3) is 0.308. The highest BCUT2D eigenvalue weighted by Crippen LogP contribution is 2.19. The number of anilines is 1. The molecule has 0 saturated heterocycles. The molecular weight excluding hydrogens is 262 g/mol. The summed E-state index contributed by atoms with van der Waals surface area (Å²) in [7, 11) is 0. The molecular formula is C13H17N3O4. The third kappa shape index (κ3) is 4.27. The van der Waals surface area contributed by atoms with E-state index in [9.17, 15) is 14.4 Å². The van der Waals surface area contributed by atoms with E-state index in [2.05, 4.69) is 10.6 Å². The first kappa shape index (κ1) is 15.5. The predicted molar refractivity (Wildman–Crippen MR) is 73.7 cm³/mol. The Balaban J connectivity index is 2.75. The summed E-state index contributed by atoms with van der Waals surface area (Å²) < 4.78 is 0. The molecule has 0 heterocycles. The number of carbonyl (C=O) groups excluding carboxylic acids is 2. The smallest absolute Gasteiger partial charge is 0.336 e. The third-order valence-electron chi connectivity index (χ3n) is 2.81. The maximum absolute atomic E-state index is 11.5. The number of benzene rings is 1. The van der Waals surface area contributed by atoms with E-state index < -0.39 is 17.9 Å². The zero-order chi connectivity index (χ0) is 15.3. The number of amides is 3. The molecule has 0 spiro atoms. The van der Waals surface area contributed by atoms with Crippen LogP contribution in [0.2, 0.25) is 0 Å². The summed E-state index contributed by atoms with van der Waals surface area (Å²) in [5, 5.41) is 14.0. The lowest BCUT2D eigenvalue weighted by molar-refractivity contribution is -0.117. The fourth-order valence-electron chi connectivity index (χ4n) is 1.63. The largest absolute Gasteiger partial charge is 0.478 e. The van der Waals surface area contributed by atoms with Gasteiger partial charge in [-0.25, -0.2) is 9.59 Å². The van der Waals surface area contributed by atoms with Crippen LogP contribution in [0, 0.1) is 13.8 Å². The molecule has 3 amide bonds. The molecule has 0 unspecified atom stereocenters. The third-order valence-corrected chi connectivity index (χ3v) is 2.81. The average Bonchev–Trinajstić information content (AvgIpc) is 2.32. The monoisotopic (exact) mass is 279 g/mol. The summed E-state index contributed by atoms with van der Waals surface area (Å²) in [6, 6.07) is 2.54. The van der Waals surface area contributed by atoms with Gasteiger partial charge in [0.05, 0.1) is 5.56 Å². The van der Waals surface area contributed by atoms with Gasteiger partial charge in [0.1, 0.15) is 0 Å². The standard InChI is InChI=1S/C13H17N3O4/c1-7-5-9(6-10(8(7)2)12(18)19)16-13(20)15-4-3-11(14)17/h5-6H,3-4H2,1-2H3,(H2,14,17)(H,18,19)(H2,15,16,20). The number of hydrogen-bond acceptors (Lipinski definition) is 3. The molecule has 1 aromatic carbocycles. The average molecular weight is 279 g/mol. The number of rotatable bonds is 5. The van der Waals surface area contributed by atoms with E-state index in [4.69, 9.17) is 10.8 Å². The van der Waals surface area contributed by atoms with Crippen molar-refractivity contribution < 1.29 is 19.5 Å². The molecule has 0 aliphatic heterocycles. The molecule has 1 aromatic rings. The first-order valence-electron chi connectivity index (χ1n) is 5.99. The fourth-order valence-corrected chi connectivity index (χ4v) is 1.63. The normalized spacial score (nSPS) is 9.90. The van der Waals surface area contributed by atoms with Gasteiger partial charge in [-0.05, 0) is 37.1 Å². The minimum atomic E-state index is -1.05. The summed E-state index contributed by atoms with van der Waals surface area (Å²) in [4.78, 5) is 33.2. The summed E-state index contributed by atoms with van der Waals surface area (Å²) in [6.45, 7) is 3.59. The van der Waals surface area contributed by atoms with E-state index in [-0.39, 0.29) is 18.5 Å². The minimum Gasteiger partial charge on any atom is -0.478 e. The van der Waals surface area contributed by atoms with Gasteiger partial charge in [-0.1, -0.05) is 0 Å². The van der Waals surface area contributed by atoms with E-state index in [0.29, 0.717) is 11.3 Å². The van der Waals surface area contributed by atoms with Crippen LogP contribution in [-0.4, -0.2) is 29.6 Å². The Kier molecular flexibility index (Phi) is 5.08. The molecule has 0 bridgehead atoms. The Morgan fingerprint density at radius 3 is 2.45 bits per heavy atom. The quantitative estimate of drug-likeness (QED) is 0.642. The number of urea groups is 1. The van der Waals surface area contributed by atoms with E-state index in [1.165, 1.54) is 6.07 Å². The number of primary amides is 1. The molecule has 20 heavy (non-hydrogen) atoms. The van der Waals surface area contributed by atoms with Gasteiger partial charge >= 0.3 is 12.0 Å². The van der Waals surface area contributed by atoms with Crippen molar-refractivity contribution in [3.63, 3.8) is 0 Å². The molecule has 1 rings (SSSR count). The maximum Gasteiger partial charge on any atom is 0.336 e. The lowest BCUT2D eigenvalue weighted by Gasteiger charge is -2.11. The first-order chi connectivity index (χ1) is 9.31. The lowest BCUT2D eigenvalue weighted by Crippen LogP contribution is -2.31. The van der Waals surface area contributed by atoms with Gasteiger partial charge < -0.3 is 21.5 Å². The molecule has 0 aliphatic rings. The number of nitrogens with two attached hydrogens (primary N) is 1. The van der Waals surface area contributed by atoms with Crippen LogP contribution >= 0.6 is 0 Å². The van der Waals surface area contributed by atoms with E-state index in [0.717, 1.165) is 5.56 Å². The molecule has 0 aromatic heterocycles. The highest BCUT2D eigenvalue weighted by Gasteiger charge is 2.12. The number of aromatic carboxylic acids is 1. The Labute approximate surface area is 116 Å². The van der Waals surface area contributed by atoms with Crippen molar-refractivity contribution in [3.8, 4) is 0 Å². The summed E-state index contributed by atoms with van der Waals surface area (Å²) in [5.41, 5.74) is 6.87. The number of aryl methyl sites for hydroxylation is 1. The van der Waals surface area contributed by atoms with Crippen molar-refractivity contribution in [1.29, 1.82) is 0 Å². The number of carboxylic acids is 1. The molecule has 5 N–H and O–H groups in total. The van der Waals surface area contributed by atoms with Crippen LogP contribution in [0.1, 0.15) is 27.9 Å². The van der Waals surface area contributed by atoms with Crippen molar-refractivity contribution >= 4 is 23.6 Å². The van der Waals surface area contributed by atoms with Gasteiger partial charge in [-0.2, -0.15) is 0 Å². The Morgan fingerprint density at radius 1 is 1.25 bits per heavy atom. The number of nitrogens with one attached hydrogen (secondary N) is 2. The second kappa shape index (κ2) is 6.55. The van der Waals surface area contributed by atoms with Crippen LogP contribution in [0.4, 0.5) is 10.5 Å². The molecule has 0 saturated carbocycles. The molecule has 108 valence electrons. The maximum atomic E-state index is 11.5. The number of carbonyl (C=O) groups is 3.